The standard InChI is InChI=1S/C13H10F3NO/c14-13(15,16)9-2-3-10-8(6-9)5-7-1-4-11(18)17-12(7)10/h2-3,6H,1,4-5H2,(H,17,18). The molecule has 0 spiro atoms. The average Bonchev–Trinajstić information content (AvgIpc) is 2.65. The molecule has 2 aliphatic rings. The highest BCUT2D eigenvalue weighted by atomic mass is 19.4. The van der Waals surface area contributed by atoms with Crippen LogP contribution in [0.1, 0.15) is 29.5 Å². The van der Waals surface area contributed by atoms with Gasteiger partial charge in [0.15, 0.2) is 0 Å². The van der Waals surface area contributed by atoms with E-state index in [1.165, 1.54) is 12.1 Å². The first-order chi connectivity index (χ1) is 8.45. The lowest BCUT2D eigenvalue weighted by molar-refractivity contribution is -0.137. The minimum Gasteiger partial charge on any atom is -0.326 e. The van der Waals surface area contributed by atoms with Gasteiger partial charge in [-0.3, -0.25) is 4.79 Å². The molecular formula is C13H10F3NO. The first-order valence-corrected chi connectivity index (χ1v) is 5.67. The molecule has 0 unspecified atom stereocenters. The van der Waals surface area contributed by atoms with Gasteiger partial charge in [0.1, 0.15) is 0 Å². The average molecular weight is 253 g/mol. The number of benzene rings is 1. The Morgan fingerprint density at radius 3 is 2.67 bits per heavy atom. The van der Waals surface area contributed by atoms with Gasteiger partial charge in [0, 0.05) is 17.7 Å². The van der Waals surface area contributed by atoms with E-state index in [1.807, 2.05) is 0 Å². The van der Waals surface area contributed by atoms with Crippen LogP contribution in [-0.2, 0) is 17.4 Å². The SMILES string of the molecule is O=C1CCC2=C(N1)c1ccc(C(F)(F)F)cc1C2. The summed E-state index contributed by atoms with van der Waals surface area (Å²) >= 11 is 0. The number of allylic oxidation sites excluding steroid dienone is 1. The van der Waals surface area contributed by atoms with Gasteiger partial charge in [0.05, 0.1) is 5.56 Å². The number of nitrogens with one attached hydrogen (secondary N) is 1. The second-order valence-corrected chi connectivity index (χ2v) is 4.57. The van der Waals surface area contributed by atoms with Gasteiger partial charge in [-0.1, -0.05) is 6.07 Å². The van der Waals surface area contributed by atoms with Crippen LogP contribution in [0.5, 0.6) is 0 Å². The van der Waals surface area contributed by atoms with E-state index < -0.39 is 11.7 Å². The van der Waals surface area contributed by atoms with E-state index in [1.54, 1.807) is 0 Å². The largest absolute Gasteiger partial charge is 0.416 e. The summed E-state index contributed by atoms with van der Waals surface area (Å²) in [6.07, 6.45) is -2.76. The van der Waals surface area contributed by atoms with Crippen LogP contribution in [0, 0.1) is 0 Å². The lowest BCUT2D eigenvalue weighted by Crippen LogP contribution is -2.25. The highest BCUT2D eigenvalue weighted by Gasteiger charge is 2.33. The van der Waals surface area contributed by atoms with Crippen molar-refractivity contribution in [3.8, 4) is 0 Å². The zero-order valence-electron chi connectivity index (χ0n) is 9.40. The zero-order valence-corrected chi connectivity index (χ0v) is 9.40. The highest BCUT2D eigenvalue weighted by molar-refractivity contribution is 5.92. The summed E-state index contributed by atoms with van der Waals surface area (Å²) < 4.78 is 37.8. The van der Waals surface area contributed by atoms with Gasteiger partial charge in [0.2, 0.25) is 5.91 Å². The van der Waals surface area contributed by atoms with Crippen LogP contribution in [0.2, 0.25) is 0 Å². The van der Waals surface area contributed by atoms with E-state index >= 15 is 0 Å². The third-order valence-electron chi connectivity index (χ3n) is 3.38. The number of hydrogen-bond acceptors (Lipinski definition) is 1. The van der Waals surface area contributed by atoms with Gasteiger partial charge in [-0.15, -0.1) is 0 Å². The molecule has 0 atom stereocenters. The number of carbonyl (C=O) groups is 1. The molecule has 0 aromatic heterocycles. The molecule has 3 rings (SSSR count). The van der Waals surface area contributed by atoms with Gasteiger partial charge in [-0.05, 0) is 36.1 Å². The van der Waals surface area contributed by atoms with Gasteiger partial charge < -0.3 is 5.32 Å². The minimum absolute atomic E-state index is 0.0681. The molecule has 0 radical (unpaired) electrons. The summed E-state index contributed by atoms with van der Waals surface area (Å²) in [5.41, 5.74) is 2.49. The predicted octanol–water partition coefficient (Wildman–Crippen LogP) is 2.88. The highest BCUT2D eigenvalue weighted by Crippen LogP contribution is 2.39. The summed E-state index contributed by atoms with van der Waals surface area (Å²) in [6, 6.07) is 3.70. The van der Waals surface area contributed by atoms with Gasteiger partial charge in [-0.25, -0.2) is 0 Å². The molecule has 94 valence electrons. The molecule has 1 aromatic rings. The molecule has 1 amide bonds. The summed E-state index contributed by atoms with van der Waals surface area (Å²) in [6.45, 7) is 0. The molecule has 0 saturated heterocycles. The molecule has 1 aromatic carbocycles. The van der Waals surface area contributed by atoms with Crippen molar-refractivity contribution in [3.05, 3.63) is 40.5 Å². The van der Waals surface area contributed by atoms with Crippen molar-refractivity contribution < 1.29 is 18.0 Å². The van der Waals surface area contributed by atoms with Crippen molar-refractivity contribution in [1.82, 2.24) is 5.32 Å². The van der Waals surface area contributed by atoms with Crippen molar-refractivity contribution >= 4 is 11.6 Å². The second kappa shape index (κ2) is 3.60. The first kappa shape index (κ1) is 11.3. The van der Waals surface area contributed by atoms with E-state index in [0.717, 1.165) is 22.9 Å². The van der Waals surface area contributed by atoms with E-state index in [-0.39, 0.29) is 5.91 Å². The smallest absolute Gasteiger partial charge is 0.326 e. The number of alkyl halides is 3. The molecule has 1 aliphatic heterocycles. The number of fused-ring (bicyclic) bond motifs is 2. The van der Waals surface area contributed by atoms with Crippen LogP contribution in [0.15, 0.2) is 23.8 Å². The molecule has 1 aliphatic carbocycles. The Kier molecular flexibility index (Phi) is 2.27. The van der Waals surface area contributed by atoms with Gasteiger partial charge in [0.25, 0.3) is 0 Å². The molecule has 5 heteroatoms. The summed E-state index contributed by atoms with van der Waals surface area (Å²) in [4.78, 5) is 11.3. The van der Waals surface area contributed by atoms with Crippen molar-refractivity contribution in [1.29, 1.82) is 0 Å². The normalized spacial score (nSPS) is 18.5. The fourth-order valence-corrected chi connectivity index (χ4v) is 2.50. The molecule has 2 nitrogen and oxygen atoms in total. The van der Waals surface area contributed by atoms with Crippen LogP contribution < -0.4 is 5.32 Å². The minimum atomic E-state index is -4.32. The third kappa shape index (κ3) is 1.70. The van der Waals surface area contributed by atoms with Crippen LogP contribution in [-0.4, -0.2) is 5.91 Å². The maximum Gasteiger partial charge on any atom is 0.416 e. The molecule has 0 fully saturated rings. The van der Waals surface area contributed by atoms with E-state index in [0.29, 0.717) is 24.8 Å². The van der Waals surface area contributed by atoms with E-state index in [9.17, 15) is 18.0 Å². The van der Waals surface area contributed by atoms with Crippen LogP contribution in [0.25, 0.3) is 5.70 Å². The second-order valence-electron chi connectivity index (χ2n) is 4.57. The Bertz CT molecular complexity index is 572. The number of rotatable bonds is 0. The fraction of sp³-hybridized carbons (Fsp3) is 0.308. The topological polar surface area (TPSA) is 29.1 Å². The Hall–Kier alpha value is -1.78. The molecular weight excluding hydrogens is 243 g/mol. The Balaban J connectivity index is 2.02. The first-order valence-electron chi connectivity index (χ1n) is 5.67. The van der Waals surface area contributed by atoms with Crippen LogP contribution in [0.4, 0.5) is 13.2 Å². The maximum absolute atomic E-state index is 12.6. The Morgan fingerprint density at radius 2 is 1.94 bits per heavy atom. The Labute approximate surface area is 101 Å². The van der Waals surface area contributed by atoms with Gasteiger partial charge >= 0.3 is 6.18 Å². The van der Waals surface area contributed by atoms with E-state index in [4.69, 9.17) is 0 Å². The Morgan fingerprint density at radius 1 is 1.17 bits per heavy atom. The fourth-order valence-electron chi connectivity index (χ4n) is 2.50. The molecule has 18 heavy (non-hydrogen) atoms. The number of hydrogen-bond donors (Lipinski definition) is 1. The van der Waals surface area contributed by atoms with Gasteiger partial charge in [-0.2, -0.15) is 13.2 Å². The monoisotopic (exact) mass is 253 g/mol. The van der Waals surface area contributed by atoms with Crippen molar-refractivity contribution in [3.63, 3.8) is 0 Å². The quantitative estimate of drug-likeness (QED) is 0.756. The van der Waals surface area contributed by atoms with Crippen LogP contribution >= 0.6 is 0 Å². The van der Waals surface area contributed by atoms with Crippen molar-refractivity contribution in [2.24, 2.45) is 0 Å². The summed E-state index contributed by atoms with van der Waals surface area (Å²) in [5.74, 6) is -0.0681. The van der Waals surface area contributed by atoms with Crippen molar-refractivity contribution in [2.75, 3.05) is 0 Å². The molecule has 0 bridgehead atoms. The molecule has 1 N–H and O–H groups in total. The molecule has 1 heterocycles. The third-order valence-corrected chi connectivity index (χ3v) is 3.38. The molecule has 0 saturated carbocycles. The number of halogens is 3. The summed E-state index contributed by atoms with van der Waals surface area (Å²) in [7, 11) is 0. The predicted molar refractivity (Wildman–Crippen MR) is 59.4 cm³/mol. The number of carbonyl (C=O) groups excluding carboxylic acids is 1. The summed E-state index contributed by atoms with van der Waals surface area (Å²) in [5, 5.41) is 2.75. The van der Waals surface area contributed by atoms with Crippen LogP contribution in [0.3, 0.4) is 0 Å². The maximum atomic E-state index is 12.6. The number of amides is 1. The van der Waals surface area contributed by atoms with Crippen molar-refractivity contribution in [2.45, 2.75) is 25.4 Å². The lowest BCUT2D eigenvalue weighted by atomic mass is 10.0. The van der Waals surface area contributed by atoms with E-state index in [2.05, 4.69) is 5.32 Å². The zero-order chi connectivity index (χ0) is 12.9. The lowest BCUT2D eigenvalue weighted by Gasteiger charge is -2.15.